The van der Waals surface area contributed by atoms with Crippen molar-refractivity contribution in [3.8, 4) is 0 Å². The van der Waals surface area contributed by atoms with Crippen molar-refractivity contribution in [3.63, 3.8) is 0 Å². The van der Waals surface area contributed by atoms with Gasteiger partial charge in [0.15, 0.2) is 0 Å². The van der Waals surface area contributed by atoms with Crippen LogP contribution >= 0.6 is 0 Å². The van der Waals surface area contributed by atoms with E-state index >= 15 is 0 Å². The number of carboxylic acids is 1. The molecule has 2 nitrogen and oxygen atoms in total. The van der Waals surface area contributed by atoms with E-state index in [4.69, 9.17) is 5.11 Å². The SMILES string of the molecule is CCCCCCCCCCC(C)C(=O)O.[Ca+2].[H-].[H-]. The Bertz CT molecular complexity index is 169. The van der Waals surface area contributed by atoms with Crippen molar-refractivity contribution in [3.05, 3.63) is 0 Å². The first-order valence-electron chi connectivity index (χ1n) is 6.41. The molecule has 0 fully saturated rings. The number of carbonyl (C=O) groups is 1. The molecule has 0 amide bonds. The summed E-state index contributed by atoms with van der Waals surface area (Å²) in [7, 11) is 0. The monoisotopic (exact) mass is 256 g/mol. The van der Waals surface area contributed by atoms with Gasteiger partial charge in [0.25, 0.3) is 0 Å². The van der Waals surface area contributed by atoms with Gasteiger partial charge in [-0.1, -0.05) is 65.2 Å². The van der Waals surface area contributed by atoms with Crippen LogP contribution in [0.5, 0.6) is 0 Å². The zero-order valence-electron chi connectivity index (χ0n) is 13.0. The molecule has 0 aliphatic heterocycles. The largest absolute Gasteiger partial charge is 2.00 e. The number of unbranched alkanes of at least 4 members (excludes halogenated alkanes) is 7. The fourth-order valence-electron chi connectivity index (χ4n) is 1.71. The van der Waals surface area contributed by atoms with Gasteiger partial charge in [0.2, 0.25) is 0 Å². The molecule has 1 unspecified atom stereocenters. The Morgan fingerprint density at radius 1 is 1.06 bits per heavy atom. The third kappa shape index (κ3) is 12.8. The molecule has 0 aliphatic carbocycles. The van der Waals surface area contributed by atoms with Crippen molar-refractivity contribution >= 4 is 43.7 Å². The molecule has 94 valence electrons. The molecule has 0 saturated heterocycles. The maximum absolute atomic E-state index is 10.5. The first kappa shape index (κ1) is 19.1. The molecule has 0 bridgehead atoms. The van der Waals surface area contributed by atoms with E-state index in [0.29, 0.717) is 0 Å². The summed E-state index contributed by atoms with van der Waals surface area (Å²) in [4.78, 5) is 10.5. The van der Waals surface area contributed by atoms with Crippen molar-refractivity contribution in [2.45, 2.75) is 71.6 Å². The van der Waals surface area contributed by atoms with E-state index in [1.807, 2.05) is 0 Å². The first-order chi connectivity index (χ1) is 7.18. The van der Waals surface area contributed by atoms with Crippen LogP contribution in [-0.4, -0.2) is 48.8 Å². The zero-order chi connectivity index (χ0) is 11.5. The molecule has 16 heavy (non-hydrogen) atoms. The second-order valence-electron chi connectivity index (χ2n) is 4.50. The minimum atomic E-state index is -0.655. The molecule has 0 aromatic carbocycles. The van der Waals surface area contributed by atoms with E-state index in [2.05, 4.69) is 6.92 Å². The molecule has 0 rings (SSSR count). The van der Waals surface area contributed by atoms with Crippen LogP contribution in [0, 0.1) is 5.92 Å². The molecule has 3 heteroatoms. The summed E-state index contributed by atoms with van der Waals surface area (Å²) in [5, 5.41) is 8.68. The van der Waals surface area contributed by atoms with Crippen LogP contribution in [0.4, 0.5) is 0 Å². The number of carboxylic acid groups (broad SMARTS) is 1. The quantitative estimate of drug-likeness (QED) is 0.472. The zero-order valence-corrected chi connectivity index (χ0v) is 13.2. The number of hydrogen-bond acceptors (Lipinski definition) is 1. The van der Waals surface area contributed by atoms with E-state index in [1.165, 1.54) is 44.9 Å². The Kier molecular flexibility index (Phi) is 16.4. The van der Waals surface area contributed by atoms with E-state index in [1.54, 1.807) is 6.92 Å². The minimum Gasteiger partial charge on any atom is -1.00 e. The third-order valence-electron chi connectivity index (χ3n) is 2.91. The molecule has 0 aromatic rings. The van der Waals surface area contributed by atoms with Gasteiger partial charge in [0.1, 0.15) is 0 Å². The molecule has 1 N–H and O–H groups in total. The van der Waals surface area contributed by atoms with Gasteiger partial charge in [-0.15, -0.1) is 0 Å². The number of aliphatic carboxylic acids is 1. The summed E-state index contributed by atoms with van der Waals surface area (Å²) in [5.74, 6) is -0.817. The van der Waals surface area contributed by atoms with Crippen LogP contribution in [0.25, 0.3) is 0 Å². The summed E-state index contributed by atoms with van der Waals surface area (Å²) in [6.07, 6.45) is 11.1. The average molecular weight is 256 g/mol. The van der Waals surface area contributed by atoms with Crippen LogP contribution in [0.3, 0.4) is 0 Å². The maximum atomic E-state index is 10.5. The van der Waals surface area contributed by atoms with E-state index < -0.39 is 5.97 Å². The molecule has 0 aromatic heterocycles. The molecule has 0 aliphatic rings. The van der Waals surface area contributed by atoms with Gasteiger partial charge in [-0.3, -0.25) is 4.79 Å². The first-order valence-corrected chi connectivity index (χ1v) is 6.41. The fraction of sp³-hybridized carbons (Fsp3) is 0.923. The van der Waals surface area contributed by atoms with Crippen molar-refractivity contribution < 1.29 is 12.8 Å². The second-order valence-corrected chi connectivity index (χ2v) is 4.50. The van der Waals surface area contributed by atoms with Crippen LogP contribution in [0.1, 0.15) is 74.5 Å². The van der Waals surface area contributed by atoms with Gasteiger partial charge in [0.05, 0.1) is 5.92 Å². The summed E-state index contributed by atoms with van der Waals surface area (Å²) in [6, 6.07) is 0. The molecule has 0 spiro atoms. The Labute approximate surface area is 133 Å². The number of hydrogen-bond donors (Lipinski definition) is 1. The van der Waals surface area contributed by atoms with E-state index in [9.17, 15) is 4.79 Å². The molecule has 0 radical (unpaired) electrons. The van der Waals surface area contributed by atoms with Gasteiger partial charge < -0.3 is 7.96 Å². The second kappa shape index (κ2) is 13.8. The summed E-state index contributed by atoms with van der Waals surface area (Å²) in [5.41, 5.74) is 0. The van der Waals surface area contributed by atoms with Gasteiger partial charge in [-0.05, 0) is 6.42 Å². The predicted octanol–water partition coefficient (Wildman–Crippen LogP) is 4.08. The van der Waals surface area contributed by atoms with Crippen LogP contribution < -0.4 is 0 Å². The normalized spacial score (nSPS) is 11.9. The van der Waals surface area contributed by atoms with Crippen molar-refractivity contribution in [1.29, 1.82) is 0 Å². The minimum absolute atomic E-state index is 0. The smallest absolute Gasteiger partial charge is 1.00 e. The summed E-state index contributed by atoms with van der Waals surface area (Å²) >= 11 is 0. The fourth-order valence-corrected chi connectivity index (χ4v) is 1.71. The molecular formula is C13H28CaO2. The van der Waals surface area contributed by atoms with Crippen molar-refractivity contribution in [1.82, 2.24) is 0 Å². The Morgan fingerprint density at radius 3 is 1.94 bits per heavy atom. The standard InChI is InChI=1S/C13H26O2.Ca.2H/c1-3-4-5-6-7-8-9-10-11-12(2)13(14)15;;;/h12H,3-11H2,1-2H3,(H,14,15);;;/q;+2;2*-1. The van der Waals surface area contributed by atoms with Crippen LogP contribution in [0.2, 0.25) is 0 Å². The van der Waals surface area contributed by atoms with Gasteiger partial charge in [0, 0.05) is 0 Å². The third-order valence-corrected chi connectivity index (χ3v) is 2.91. The predicted molar refractivity (Wildman–Crippen MR) is 72.0 cm³/mol. The summed E-state index contributed by atoms with van der Waals surface area (Å²) in [6.45, 7) is 4.02. The Balaban J connectivity index is -0.000000327. The molecule has 1 atom stereocenters. The Hall–Kier alpha value is 0.730. The van der Waals surface area contributed by atoms with Crippen LogP contribution in [0.15, 0.2) is 0 Å². The molecular weight excluding hydrogens is 228 g/mol. The van der Waals surface area contributed by atoms with Crippen LogP contribution in [-0.2, 0) is 4.79 Å². The Morgan fingerprint density at radius 2 is 1.50 bits per heavy atom. The average Bonchev–Trinajstić information content (AvgIpc) is 2.21. The van der Waals surface area contributed by atoms with Crippen molar-refractivity contribution in [2.75, 3.05) is 0 Å². The van der Waals surface area contributed by atoms with E-state index in [0.717, 1.165) is 12.8 Å². The maximum Gasteiger partial charge on any atom is 2.00 e. The van der Waals surface area contributed by atoms with Crippen molar-refractivity contribution in [2.24, 2.45) is 5.92 Å². The molecule has 0 saturated carbocycles. The molecule has 0 heterocycles. The van der Waals surface area contributed by atoms with Gasteiger partial charge in [-0.2, -0.15) is 0 Å². The summed E-state index contributed by atoms with van der Waals surface area (Å²) < 4.78 is 0. The number of rotatable bonds is 10. The van der Waals surface area contributed by atoms with Gasteiger partial charge in [-0.25, -0.2) is 0 Å². The topological polar surface area (TPSA) is 37.3 Å². The van der Waals surface area contributed by atoms with Gasteiger partial charge >= 0.3 is 43.7 Å². The van der Waals surface area contributed by atoms with E-state index in [-0.39, 0.29) is 46.5 Å².